The molecule has 0 unspecified atom stereocenters. The lowest BCUT2D eigenvalue weighted by molar-refractivity contribution is -0.138. The molecule has 0 saturated carbocycles. The number of benzene rings is 1. The number of para-hydroxylation sites is 1. The van der Waals surface area contributed by atoms with Crippen LogP contribution in [-0.4, -0.2) is 34.5 Å². The molecule has 0 radical (unpaired) electrons. The van der Waals surface area contributed by atoms with Crippen molar-refractivity contribution in [2.75, 3.05) is 12.3 Å². The monoisotopic (exact) mass is 236 g/mol. The van der Waals surface area contributed by atoms with Crippen molar-refractivity contribution in [2.45, 2.75) is 19.9 Å². The van der Waals surface area contributed by atoms with Crippen molar-refractivity contribution < 1.29 is 14.7 Å². The summed E-state index contributed by atoms with van der Waals surface area (Å²) in [5.41, 5.74) is 6.39. The largest absolute Gasteiger partial charge is 0.480 e. The second kappa shape index (κ2) is 5.34. The number of anilines is 1. The third kappa shape index (κ3) is 3.21. The zero-order valence-electron chi connectivity index (χ0n) is 9.88. The minimum atomic E-state index is -1.04. The highest BCUT2D eigenvalue weighted by Crippen LogP contribution is 2.15. The van der Waals surface area contributed by atoms with E-state index in [4.69, 9.17) is 10.8 Å². The Bertz CT molecular complexity index is 430. The van der Waals surface area contributed by atoms with Crippen LogP contribution in [0.4, 0.5) is 5.69 Å². The average molecular weight is 236 g/mol. The molecular formula is C12H16N2O3. The van der Waals surface area contributed by atoms with Crippen LogP contribution >= 0.6 is 0 Å². The van der Waals surface area contributed by atoms with Crippen molar-refractivity contribution in [3.8, 4) is 0 Å². The molecule has 1 amide bonds. The standard InChI is InChI=1S/C12H16N2O3/c1-8(2)14(7-11(15)16)12(17)9-5-3-4-6-10(9)13/h3-6,8H,7,13H2,1-2H3,(H,15,16). The first-order chi connectivity index (χ1) is 7.93. The maximum atomic E-state index is 12.1. The number of carbonyl (C=O) groups excluding carboxylic acids is 1. The van der Waals surface area contributed by atoms with Gasteiger partial charge in [0.1, 0.15) is 6.54 Å². The van der Waals surface area contributed by atoms with Crippen molar-refractivity contribution in [1.82, 2.24) is 4.90 Å². The van der Waals surface area contributed by atoms with Gasteiger partial charge in [-0.2, -0.15) is 0 Å². The fourth-order valence-corrected chi connectivity index (χ4v) is 1.48. The predicted molar refractivity (Wildman–Crippen MR) is 64.7 cm³/mol. The Kier molecular flexibility index (Phi) is 4.09. The topological polar surface area (TPSA) is 83.6 Å². The van der Waals surface area contributed by atoms with Crippen LogP contribution in [0.3, 0.4) is 0 Å². The molecule has 5 nitrogen and oxygen atoms in total. The van der Waals surface area contributed by atoms with Crippen molar-refractivity contribution >= 4 is 17.6 Å². The summed E-state index contributed by atoms with van der Waals surface area (Å²) in [4.78, 5) is 24.1. The van der Waals surface area contributed by atoms with Gasteiger partial charge < -0.3 is 15.7 Å². The first kappa shape index (κ1) is 13.0. The molecule has 0 heterocycles. The number of carbonyl (C=O) groups is 2. The lowest BCUT2D eigenvalue weighted by atomic mass is 10.1. The molecule has 0 aliphatic heterocycles. The molecule has 0 aromatic heterocycles. The molecule has 0 atom stereocenters. The third-order valence-corrected chi connectivity index (χ3v) is 2.38. The van der Waals surface area contributed by atoms with Gasteiger partial charge in [-0.1, -0.05) is 12.1 Å². The zero-order chi connectivity index (χ0) is 13.0. The number of nitrogens with zero attached hydrogens (tertiary/aromatic N) is 1. The number of nitrogens with two attached hydrogens (primary N) is 1. The lowest BCUT2D eigenvalue weighted by Gasteiger charge is -2.25. The smallest absolute Gasteiger partial charge is 0.323 e. The Balaban J connectivity index is 3.00. The number of hydrogen-bond acceptors (Lipinski definition) is 3. The number of rotatable bonds is 4. The van der Waals surface area contributed by atoms with Gasteiger partial charge in [-0.05, 0) is 26.0 Å². The quantitative estimate of drug-likeness (QED) is 0.769. The Labute approximate surface area is 99.8 Å². The van der Waals surface area contributed by atoms with Crippen LogP contribution in [0.15, 0.2) is 24.3 Å². The highest BCUT2D eigenvalue weighted by molar-refractivity contribution is 6.00. The second-order valence-corrected chi connectivity index (χ2v) is 4.01. The van der Waals surface area contributed by atoms with Crippen LogP contribution in [-0.2, 0) is 4.79 Å². The van der Waals surface area contributed by atoms with E-state index in [1.54, 1.807) is 38.1 Å². The molecule has 0 aliphatic carbocycles. The maximum Gasteiger partial charge on any atom is 0.323 e. The highest BCUT2D eigenvalue weighted by atomic mass is 16.4. The Morgan fingerprint density at radius 2 is 1.94 bits per heavy atom. The number of amides is 1. The fourth-order valence-electron chi connectivity index (χ4n) is 1.48. The van der Waals surface area contributed by atoms with Crippen molar-refractivity contribution in [1.29, 1.82) is 0 Å². The normalized spacial score (nSPS) is 10.3. The zero-order valence-corrected chi connectivity index (χ0v) is 9.88. The summed E-state index contributed by atoms with van der Waals surface area (Å²) in [6.45, 7) is 3.20. The second-order valence-electron chi connectivity index (χ2n) is 4.01. The Hall–Kier alpha value is -2.04. The van der Waals surface area contributed by atoms with E-state index in [2.05, 4.69) is 0 Å². The first-order valence-electron chi connectivity index (χ1n) is 5.30. The average Bonchev–Trinajstić information content (AvgIpc) is 2.25. The number of nitrogen functional groups attached to an aromatic ring is 1. The van der Waals surface area contributed by atoms with E-state index in [9.17, 15) is 9.59 Å². The van der Waals surface area contributed by atoms with E-state index in [0.717, 1.165) is 0 Å². The maximum absolute atomic E-state index is 12.1. The SMILES string of the molecule is CC(C)N(CC(=O)O)C(=O)c1ccccc1N. The number of carboxylic acid groups (broad SMARTS) is 1. The van der Waals surface area contributed by atoms with Gasteiger partial charge in [0.25, 0.3) is 5.91 Å². The number of carboxylic acids is 1. The summed E-state index contributed by atoms with van der Waals surface area (Å²) in [7, 11) is 0. The third-order valence-electron chi connectivity index (χ3n) is 2.38. The minimum absolute atomic E-state index is 0.196. The Morgan fingerprint density at radius 3 is 2.41 bits per heavy atom. The first-order valence-corrected chi connectivity index (χ1v) is 5.30. The molecule has 92 valence electrons. The van der Waals surface area contributed by atoms with Crippen LogP contribution in [0.2, 0.25) is 0 Å². The molecule has 1 aromatic carbocycles. The number of aliphatic carboxylic acids is 1. The van der Waals surface area contributed by atoms with Gasteiger partial charge in [0.05, 0.1) is 5.56 Å². The van der Waals surface area contributed by atoms with Crippen LogP contribution in [0.1, 0.15) is 24.2 Å². The van der Waals surface area contributed by atoms with Crippen LogP contribution in [0.25, 0.3) is 0 Å². The van der Waals surface area contributed by atoms with Gasteiger partial charge in [-0.25, -0.2) is 0 Å². The summed E-state index contributed by atoms with van der Waals surface area (Å²) in [6, 6.07) is 6.44. The number of hydrogen-bond donors (Lipinski definition) is 2. The molecule has 0 fully saturated rings. The molecule has 0 bridgehead atoms. The van der Waals surface area contributed by atoms with Gasteiger partial charge in [0.15, 0.2) is 0 Å². The highest BCUT2D eigenvalue weighted by Gasteiger charge is 2.22. The van der Waals surface area contributed by atoms with Crippen molar-refractivity contribution in [3.63, 3.8) is 0 Å². The van der Waals surface area contributed by atoms with Crippen LogP contribution in [0, 0.1) is 0 Å². The lowest BCUT2D eigenvalue weighted by Crippen LogP contribution is -2.40. The predicted octanol–water partition coefficient (Wildman–Crippen LogP) is 1.20. The molecule has 1 rings (SSSR count). The van der Waals surface area contributed by atoms with E-state index < -0.39 is 5.97 Å². The van der Waals surface area contributed by atoms with E-state index in [1.165, 1.54) is 4.90 Å². The van der Waals surface area contributed by atoms with Gasteiger partial charge in [-0.3, -0.25) is 9.59 Å². The summed E-state index contributed by atoms with van der Waals surface area (Å²) in [6.07, 6.45) is 0. The molecule has 0 spiro atoms. The van der Waals surface area contributed by atoms with E-state index in [0.29, 0.717) is 11.3 Å². The Morgan fingerprint density at radius 1 is 1.35 bits per heavy atom. The van der Waals surface area contributed by atoms with Crippen LogP contribution < -0.4 is 5.73 Å². The summed E-state index contributed by atoms with van der Waals surface area (Å²) in [5, 5.41) is 8.77. The molecule has 0 saturated heterocycles. The van der Waals surface area contributed by atoms with Gasteiger partial charge in [-0.15, -0.1) is 0 Å². The van der Waals surface area contributed by atoms with Gasteiger partial charge >= 0.3 is 5.97 Å². The van der Waals surface area contributed by atoms with E-state index in [-0.39, 0.29) is 18.5 Å². The summed E-state index contributed by atoms with van der Waals surface area (Å²) < 4.78 is 0. The van der Waals surface area contributed by atoms with E-state index in [1.807, 2.05) is 0 Å². The summed E-state index contributed by atoms with van der Waals surface area (Å²) >= 11 is 0. The van der Waals surface area contributed by atoms with Crippen molar-refractivity contribution in [2.24, 2.45) is 0 Å². The molecular weight excluding hydrogens is 220 g/mol. The van der Waals surface area contributed by atoms with Crippen molar-refractivity contribution in [3.05, 3.63) is 29.8 Å². The van der Waals surface area contributed by atoms with E-state index >= 15 is 0 Å². The van der Waals surface area contributed by atoms with Gasteiger partial charge in [0.2, 0.25) is 0 Å². The summed E-state index contributed by atoms with van der Waals surface area (Å²) in [5.74, 6) is -1.40. The molecule has 1 aromatic rings. The molecule has 0 aliphatic rings. The molecule has 3 N–H and O–H groups in total. The van der Waals surface area contributed by atoms with Gasteiger partial charge in [0, 0.05) is 11.7 Å². The van der Waals surface area contributed by atoms with Crippen LogP contribution in [0.5, 0.6) is 0 Å². The molecule has 5 heteroatoms. The molecule has 17 heavy (non-hydrogen) atoms. The minimum Gasteiger partial charge on any atom is -0.480 e. The fraction of sp³-hybridized carbons (Fsp3) is 0.333.